The third-order valence-corrected chi connectivity index (χ3v) is 4.89. The van der Waals surface area contributed by atoms with E-state index in [1.54, 1.807) is 35.6 Å². The Bertz CT molecular complexity index is 544. The Balaban J connectivity index is 2.09. The number of nitrogens with one attached hydrogen (secondary N) is 1. The van der Waals surface area contributed by atoms with Crippen LogP contribution in [0.5, 0.6) is 5.75 Å². The summed E-state index contributed by atoms with van der Waals surface area (Å²) in [6.07, 6.45) is 0.837. The molecule has 0 aliphatic heterocycles. The Morgan fingerprint density at radius 1 is 1.25 bits per heavy atom. The highest BCUT2D eigenvalue weighted by Crippen LogP contribution is 2.29. The molecule has 1 N–H and O–H groups in total. The van der Waals surface area contributed by atoms with Crippen molar-refractivity contribution >= 4 is 27.3 Å². The van der Waals surface area contributed by atoms with Crippen LogP contribution in [0.4, 0.5) is 8.78 Å². The average Bonchev–Trinajstić information content (AvgIpc) is 2.82. The lowest BCUT2D eigenvalue weighted by molar-refractivity contribution is -0.0498. The van der Waals surface area contributed by atoms with Gasteiger partial charge in [0, 0.05) is 21.8 Å². The van der Waals surface area contributed by atoms with Gasteiger partial charge in [-0.05, 0) is 52.1 Å². The lowest BCUT2D eigenvalue weighted by Gasteiger charge is -2.16. The largest absolute Gasteiger partial charge is 0.435 e. The first-order valence-corrected chi connectivity index (χ1v) is 7.71. The fourth-order valence-corrected chi connectivity index (χ4v) is 3.49. The summed E-state index contributed by atoms with van der Waals surface area (Å²) in [7, 11) is 1.88. The molecular formula is C14H14BrF2NOS. The number of hydrogen-bond acceptors (Lipinski definition) is 3. The van der Waals surface area contributed by atoms with E-state index in [2.05, 4.69) is 26.0 Å². The molecule has 0 spiro atoms. The van der Waals surface area contributed by atoms with Gasteiger partial charge in [0.1, 0.15) is 5.75 Å². The topological polar surface area (TPSA) is 21.3 Å². The van der Waals surface area contributed by atoms with Crippen molar-refractivity contribution in [3.63, 3.8) is 0 Å². The average molecular weight is 362 g/mol. The molecule has 6 heteroatoms. The monoisotopic (exact) mass is 361 g/mol. The number of alkyl halides is 2. The second-order valence-electron chi connectivity index (χ2n) is 4.18. The highest BCUT2D eigenvalue weighted by Gasteiger charge is 2.13. The normalized spacial score (nSPS) is 12.7. The lowest BCUT2D eigenvalue weighted by atomic mass is 10.0. The molecule has 0 amide bonds. The van der Waals surface area contributed by atoms with E-state index >= 15 is 0 Å². The summed E-state index contributed by atoms with van der Waals surface area (Å²) in [5.41, 5.74) is 1.04. The van der Waals surface area contributed by atoms with Crippen LogP contribution >= 0.6 is 27.3 Å². The van der Waals surface area contributed by atoms with Gasteiger partial charge in [-0.25, -0.2) is 0 Å². The molecular weight excluding hydrogens is 348 g/mol. The van der Waals surface area contributed by atoms with E-state index in [0.717, 1.165) is 16.5 Å². The Morgan fingerprint density at radius 3 is 2.45 bits per heavy atom. The zero-order valence-electron chi connectivity index (χ0n) is 10.8. The van der Waals surface area contributed by atoms with Gasteiger partial charge in [0.15, 0.2) is 0 Å². The number of thiophene rings is 1. The summed E-state index contributed by atoms with van der Waals surface area (Å²) in [5.74, 6) is 0.177. The van der Waals surface area contributed by atoms with Gasteiger partial charge in [-0.3, -0.25) is 0 Å². The number of hydrogen-bond donors (Lipinski definition) is 1. The maximum Gasteiger partial charge on any atom is 0.387 e. The van der Waals surface area contributed by atoms with Gasteiger partial charge in [0.2, 0.25) is 0 Å². The molecule has 0 saturated heterocycles. The number of likely N-dealkylation sites (N-methyl/N-ethyl adjacent to an activating group) is 1. The summed E-state index contributed by atoms with van der Waals surface area (Å²) >= 11 is 5.20. The zero-order chi connectivity index (χ0) is 14.5. The standard InChI is InChI=1S/C14H14BrF2NOS/c1-18-12(8-13-11(15)6-7-20-13)9-2-4-10(5-3-9)19-14(16)17/h2-7,12,14,18H,8H2,1H3. The van der Waals surface area contributed by atoms with E-state index in [9.17, 15) is 8.78 Å². The Kier molecular flexibility index (Phi) is 5.51. The third-order valence-electron chi connectivity index (χ3n) is 2.94. The summed E-state index contributed by atoms with van der Waals surface area (Å²) in [6.45, 7) is -2.79. The first kappa shape index (κ1) is 15.4. The van der Waals surface area contributed by atoms with Gasteiger partial charge >= 0.3 is 6.61 Å². The molecule has 2 rings (SSSR count). The Hall–Kier alpha value is -0.980. The summed E-state index contributed by atoms with van der Waals surface area (Å²) in [4.78, 5) is 1.25. The molecule has 2 nitrogen and oxygen atoms in total. The van der Waals surface area contributed by atoms with Gasteiger partial charge in [-0.1, -0.05) is 12.1 Å². The number of ether oxygens (including phenoxy) is 1. The second kappa shape index (κ2) is 7.15. The van der Waals surface area contributed by atoms with Gasteiger partial charge in [0.05, 0.1) is 0 Å². The quantitative estimate of drug-likeness (QED) is 0.810. The van der Waals surface area contributed by atoms with E-state index in [-0.39, 0.29) is 11.8 Å². The lowest BCUT2D eigenvalue weighted by Crippen LogP contribution is -2.18. The van der Waals surface area contributed by atoms with E-state index in [0.29, 0.717) is 0 Å². The van der Waals surface area contributed by atoms with Crippen LogP contribution in [0, 0.1) is 0 Å². The molecule has 1 aromatic carbocycles. The van der Waals surface area contributed by atoms with Crippen molar-refractivity contribution in [2.45, 2.75) is 19.1 Å². The Morgan fingerprint density at radius 2 is 1.95 bits per heavy atom. The third kappa shape index (κ3) is 4.01. The molecule has 20 heavy (non-hydrogen) atoms. The minimum atomic E-state index is -2.79. The molecule has 2 aromatic rings. The smallest absolute Gasteiger partial charge is 0.387 e. The highest BCUT2D eigenvalue weighted by atomic mass is 79.9. The van der Waals surface area contributed by atoms with Crippen LogP contribution in [0.3, 0.4) is 0 Å². The summed E-state index contributed by atoms with van der Waals surface area (Å²) in [6, 6.07) is 8.89. The molecule has 0 radical (unpaired) electrons. The van der Waals surface area contributed by atoms with Crippen LogP contribution in [-0.2, 0) is 6.42 Å². The van der Waals surface area contributed by atoms with Gasteiger partial charge in [-0.2, -0.15) is 8.78 Å². The molecule has 108 valence electrons. The maximum absolute atomic E-state index is 12.1. The predicted molar refractivity (Wildman–Crippen MR) is 80.6 cm³/mol. The van der Waals surface area contributed by atoms with Crippen LogP contribution in [0.1, 0.15) is 16.5 Å². The van der Waals surface area contributed by atoms with Gasteiger partial charge < -0.3 is 10.1 Å². The summed E-state index contributed by atoms with van der Waals surface area (Å²) in [5, 5.41) is 5.27. The number of halogens is 3. The van der Waals surface area contributed by atoms with Gasteiger partial charge in [0.25, 0.3) is 0 Å². The predicted octanol–water partition coefficient (Wildman–Crippen LogP) is 4.62. The molecule has 1 heterocycles. The zero-order valence-corrected chi connectivity index (χ0v) is 13.2. The Labute approximate surface area is 128 Å². The fraction of sp³-hybridized carbons (Fsp3) is 0.286. The van der Waals surface area contributed by atoms with Crippen molar-refractivity contribution in [1.29, 1.82) is 0 Å². The van der Waals surface area contributed by atoms with Crippen molar-refractivity contribution in [3.8, 4) is 5.75 Å². The van der Waals surface area contributed by atoms with Crippen LogP contribution in [0.2, 0.25) is 0 Å². The van der Waals surface area contributed by atoms with Crippen molar-refractivity contribution in [3.05, 3.63) is 50.6 Å². The minimum Gasteiger partial charge on any atom is -0.435 e. The SMILES string of the molecule is CNC(Cc1sccc1Br)c1ccc(OC(F)F)cc1. The minimum absolute atomic E-state index is 0.130. The molecule has 0 saturated carbocycles. The van der Waals surface area contributed by atoms with E-state index in [1.165, 1.54) is 4.88 Å². The van der Waals surface area contributed by atoms with Crippen LogP contribution < -0.4 is 10.1 Å². The summed E-state index contributed by atoms with van der Waals surface area (Å²) < 4.78 is 29.7. The van der Waals surface area contributed by atoms with Crippen LogP contribution in [0.25, 0.3) is 0 Å². The fourth-order valence-electron chi connectivity index (χ4n) is 1.92. The maximum atomic E-state index is 12.1. The number of rotatable bonds is 6. The van der Waals surface area contributed by atoms with Crippen LogP contribution in [0.15, 0.2) is 40.2 Å². The first-order chi connectivity index (χ1) is 9.60. The van der Waals surface area contributed by atoms with Crippen LogP contribution in [-0.4, -0.2) is 13.7 Å². The molecule has 1 unspecified atom stereocenters. The van der Waals surface area contributed by atoms with Crippen molar-refractivity contribution < 1.29 is 13.5 Å². The number of benzene rings is 1. The molecule has 0 bridgehead atoms. The van der Waals surface area contributed by atoms with E-state index < -0.39 is 6.61 Å². The molecule has 0 aliphatic carbocycles. The molecule has 0 fully saturated rings. The van der Waals surface area contributed by atoms with E-state index in [1.807, 2.05) is 18.5 Å². The highest BCUT2D eigenvalue weighted by molar-refractivity contribution is 9.10. The van der Waals surface area contributed by atoms with Crippen molar-refractivity contribution in [2.24, 2.45) is 0 Å². The first-order valence-electron chi connectivity index (χ1n) is 6.04. The molecule has 0 aliphatic rings. The molecule has 1 atom stereocenters. The van der Waals surface area contributed by atoms with Crippen molar-refractivity contribution in [1.82, 2.24) is 5.32 Å². The van der Waals surface area contributed by atoms with Crippen molar-refractivity contribution in [2.75, 3.05) is 7.05 Å². The molecule has 1 aromatic heterocycles. The second-order valence-corrected chi connectivity index (χ2v) is 6.04. The van der Waals surface area contributed by atoms with E-state index in [4.69, 9.17) is 0 Å². The van der Waals surface area contributed by atoms with Gasteiger partial charge in [-0.15, -0.1) is 11.3 Å².